The number of rotatable bonds is 5. The van der Waals surface area contributed by atoms with Crippen molar-refractivity contribution in [3.8, 4) is 11.4 Å². The van der Waals surface area contributed by atoms with E-state index in [2.05, 4.69) is 20.6 Å². The van der Waals surface area contributed by atoms with E-state index in [1.54, 1.807) is 0 Å². The van der Waals surface area contributed by atoms with E-state index in [9.17, 15) is 4.79 Å². The van der Waals surface area contributed by atoms with Gasteiger partial charge in [0, 0.05) is 12.0 Å². The highest BCUT2D eigenvalue weighted by molar-refractivity contribution is 5.95. The zero-order valence-electron chi connectivity index (χ0n) is 15.2. The van der Waals surface area contributed by atoms with Crippen molar-refractivity contribution >= 4 is 35.0 Å². The lowest BCUT2D eigenvalue weighted by Gasteiger charge is -2.22. The van der Waals surface area contributed by atoms with Gasteiger partial charge in [-0.25, -0.2) is 4.98 Å². The molecule has 0 aliphatic carbocycles. The Morgan fingerprint density at radius 3 is 2.63 bits per heavy atom. The number of carbonyl (C=O) groups is 1. The fourth-order valence-corrected chi connectivity index (χ4v) is 3.60. The highest BCUT2D eigenvalue weighted by atomic mass is 35.5. The first-order chi connectivity index (χ1) is 12.8. The maximum absolute atomic E-state index is 12.5. The predicted octanol–water partition coefficient (Wildman–Crippen LogP) is 4.37. The monoisotopic (exact) mass is 384 g/mol. The van der Waals surface area contributed by atoms with Gasteiger partial charge in [0.15, 0.2) is 0 Å². The molecule has 1 aliphatic heterocycles. The summed E-state index contributed by atoms with van der Waals surface area (Å²) in [5.41, 5.74) is 3.64. The van der Waals surface area contributed by atoms with Gasteiger partial charge in [-0.3, -0.25) is 4.79 Å². The Balaban J connectivity index is 0.00000210. The van der Waals surface area contributed by atoms with E-state index >= 15 is 0 Å². The number of para-hydroxylation sites is 3. The van der Waals surface area contributed by atoms with Gasteiger partial charge < -0.3 is 15.6 Å². The molecule has 1 saturated heterocycles. The summed E-state index contributed by atoms with van der Waals surface area (Å²) in [6, 6.07) is 15.8. The van der Waals surface area contributed by atoms with Crippen LogP contribution < -0.4 is 10.6 Å². The first kappa shape index (κ1) is 19.4. The Labute approximate surface area is 165 Å². The molecule has 1 amide bonds. The van der Waals surface area contributed by atoms with E-state index in [4.69, 9.17) is 0 Å². The number of halogens is 1. The van der Waals surface area contributed by atoms with E-state index in [0.717, 1.165) is 47.6 Å². The van der Waals surface area contributed by atoms with Gasteiger partial charge in [0.25, 0.3) is 0 Å². The van der Waals surface area contributed by atoms with Gasteiger partial charge in [-0.2, -0.15) is 0 Å². The molecule has 0 saturated carbocycles. The van der Waals surface area contributed by atoms with Crippen molar-refractivity contribution in [1.82, 2.24) is 15.3 Å². The standard InChI is InChI=1S/C21H24N4O.ClH/c26-20(10-9-15-11-13-22-14-12-15)23-17-6-2-1-5-16(17)21-24-18-7-3-4-8-19(18)25-21;/h1-8,15,22H,9-14H2,(H,23,26)(H,24,25);1H. The van der Waals surface area contributed by atoms with Crippen molar-refractivity contribution in [2.24, 2.45) is 5.92 Å². The number of hydrogen-bond donors (Lipinski definition) is 3. The first-order valence-corrected chi connectivity index (χ1v) is 9.34. The lowest BCUT2D eigenvalue weighted by Crippen LogP contribution is -2.28. The van der Waals surface area contributed by atoms with Crippen molar-refractivity contribution in [1.29, 1.82) is 0 Å². The molecule has 0 radical (unpaired) electrons. The Morgan fingerprint density at radius 2 is 1.81 bits per heavy atom. The van der Waals surface area contributed by atoms with Gasteiger partial charge in [-0.05, 0) is 62.5 Å². The summed E-state index contributed by atoms with van der Waals surface area (Å²) in [5, 5.41) is 6.45. The minimum absolute atomic E-state index is 0. The number of anilines is 1. The van der Waals surface area contributed by atoms with Crippen LogP contribution in [0.15, 0.2) is 48.5 Å². The first-order valence-electron chi connectivity index (χ1n) is 9.34. The molecule has 1 aliphatic rings. The molecule has 2 heterocycles. The van der Waals surface area contributed by atoms with Gasteiger partial charge in [0.1, 0.15) is 5.82 Å². The number of nitrogens with one attached hydrogen (secondary N) is 3. The topological polar surface area (TPSA) is 69.8 Å². The van der Waals surface area contributed by atoms with E-state index in [-0.39, 0.29) is 18.3 Å². The van der Waals surface area contributed by atoms with Crippen molar-refractivity contribution in [2.45, 2.75) is 25.7 Å². The van der Waals surface area contributed by atoms with Crippen LogP contribution in [0.5, 0.6) is 0 Å². The van der Waals surface area contributed by atoms with Crippen LogP contribution in [-0.4, -0.2) is 29.0 Å². The summed E-state index contributed by atoms with van der Waals surface area (Å²) < 4.78 is 0. The molecule has 3 aromatic rings. The van der Waals surface area contributed by atoms with Crippen molar-refractivity contribution < 1.29 is 4.79 Å². The van der Waals surface area contributed by atoms with Crippen LogP contribution in [0.2, 0.25) is 0 Å². The molecule has 3 N–H and O–H groups in total. The highest BCUT2D eigenvalue weighted by Gasteiger charge is 2.16. The van der Waals surface area contributed by atoms with Crippen molar-refractivity contribution in [2.75, 3.05) is 18.4 Å². The van der Waals surface area contributed by atoms with Crippen LogP contribution >= 0.6 is 12.4 Å². The molecule has 6 heteroatoms. The number of benzene rings is 2. The van der Waals surface area contributed by atoms with E-state index in [1.165, 1.54) is 12.8 Å². The van der Waals surface area contributed by atoms with Crippen LogP contribution in [0.4, 0.5) is 5.69 Å². The Hall–Kier alpha value is -2.37. The van der Waals surface area contributed by atoms with Gasteiger partial charge in [-0.15, -0.1) is 12.4 Å². The van der Waals surface area contributed by atoms with Crippen molar-refractivity contribution in [3.63, 3.8) is 0 Å². The Morgan fingerprint density at radius 1 is 1.07 bits per heavy atom. The molecule has 27 heavy (non-hydrogen) atoms. The molecule has 0 spiro atoms. The third-order valence-corrected chi connectivity index (χ3v) is 5.08. The largest absolute Gasteiger partial charge is 0.338 e. The zero-order chi connectivity index (χ0) is 17.8. The molecule has 0 bridgehead atoms. The molecule has 2 aromatic carbocycles. The van der Waals surface area contributed by atoms with Crippen molar-refractivity contribution in [3.05, 3.63) is 48.5 Å². The summed E-state index contributed by atoms with van der Waals surface area (Å²) in [5.74, 6) is 1.51. The van der Waals surface area contributed by atoms with E-state index < -0.39 is 0 Å². The third kappa shape index (κ3) is 4.67. The Kier molecular flexibility index (Phi) is 6.48. The summed E-state index contributed by atoms with van der Waals surface area (Å²) in [7, 11) is 0. The van der Waals surface area contributed by atoms with Gasteiger partial charge in [0.2, 0.25) is 5.91 Å². The lowest BCUT2D eigenvalue weighted by molar-refractivity contribution is -0.116. The fourth-order valence-electron chi connectivity index (χ4n) is 3.60. The van der Waals surface area contributed by atoms with Crippen LogP contribution in [0, 0.1) is 5.92 Å². The molecular formula is C21H25ClN4O. The maximum atomic E-state index is 12.5. The summed E-state index contributed by atoms with van der Waals surface area (Å²) in [4.78, 5) is 20.4. The Bertz CT molecular complexity index is 869. The molecule has 4 rings (SSSR count). The fraction of sp³-hybridized carbons (Fsp3) is 0.333. The van der Waals surface area contributed by atoms with Crippen LogP contribution in [0.25, 0.3) is 22.4 Å². The third-order valence-electron chi connectivity index (χ3n) is 5.08. The smallest absolute Gasteiger partial charge is 0.224 e. The van der Waals surface area contributed by atoms with Crippen LogP contribution in [0.1, 0.15) is 25.7 Å². The number of hydrogen-bond acceptors (Lipinski definition) is 3. The summed E-state index contributed by atoms with van der Waals surface area (Å²) in [6.45, 7) is 2.14. The lowest BCUT2D eigenvalue weighted by atomic mass is 9.93. The number of amides is 1. The summed E-state index contributed by atoms with van der Waals surface area (Å²) >= 11 is 0. The predicted molar refractivity (Wildman–Crippen MR) is 112 cm³/mol. The number of aromatic nitrogens is 2. The molecule has 0 atom stereocenters. The molecule has 0 unspecified atom stereocenters. The van der Waals surface area contributed by atoms with Crippen LogP contribution in [-0.2, 0) is 4.79 Å². The zero-order valence-corrected chi connectivity index (χ0v) is 16.0. The number of piperidine rings is 1. The SMILES string of the molecule is Cl.O=C(CCC1CCNCC1)Nc1ccccc1-c1nc2ccccc2[nH]1. The second-order valence-corrected chi connectivity index (χ2v) is 6.93. The number of nitrogens with zero attached hydrogens (tertiary/aromatic N) is 1. The quantitative estimate of drug-likeness (QED) is 0.611. The second-order valence-electron chi connectivity index (χ2n) is 6.93. The number of fused-ring (bicyclic) bond motifs is 1. The van der Waals surface area contributed by atoms with E-state index in [1.807, 2.05) is 48.5 Å². The average molecular weight is 385 g/mol. The van der Waals surface area contributed by atoms with Gasteiger partial charge in [-0.1, -0.05) is 24.3 Å². The minimum Gasteiger partial charge on any atom is -0.338 e. The molecule has 5 nitrogen and oxygen atoms in total. The van der Waals surface area contributed by atoms with E-state index in [0.29, 0.717) is 12.3 Å². The minimum atomic E-state index is 0. The number of aromatic amines is 1. The normalized spacial score (nSPS) is 14.7. The summed E-state index contributed by atoms with van der Waals surface area (Å²) in [6.07, 6.45) is 3.87. The maximum Gasteiger partial charge on any atom is 0.224 e. The molecular weight excluding hydrogens is 360 g/mol. The molecule has 1 aromatic heterocycles. The number of H-pyrrole nitrogens is 1. The molecule has 142 valence electrons. The number of imidazole rings is 1. The average Bonchev–Trinajstić information content (AvgIpc) is 3.12. The second kappa shape index (κ2) is 9.02. The number of carbonyl (C=O) groups excluding carboxylic acids is 1. The molecule has 1 fully saturated rings. The highest BCUT2D eigenvalue weighted by Crippen LogP contribution is 2.28. The van der Waals surface area contributed by atoms with Crippen LogP contribution in [0.3, 0.4) is 0 Å². The van der Waals surface area contributed by atoms with Gasteiger partial charge >= 0.3 is 0 Å². The van der Waals surface area contributed by atoms with Gasteiger partial charge in [0.05, 0.1) is 16.7 Å².